The molecule has 10 nitrogen and oxygen atoms in total. The van der Waals surface area contributed by atoms with Gasteiger partial charge in [0, 0.05) is 29.6 Å². The van der Waals surface area contributed by atoms with E-state index in [2.05, 4.69) is 32.2 Å². The zero-order valence-corrected chi connectivity index (χ0v) is 28.3. The van der Waals surface area contributed by atoms with Crippen LogP contribution in [0.5, 0.6) is 0 Å². The highest BCUT2D eigenvalue weighted by Crippen LogP contribution is 2.60. The number of hydrogen-bond acceptors (Lipinski definition) is 8. The first kappa shape index (κ1) is 30.1. The van der Waals surface area contributed by atoms with E-state index in [1.165, 1.54) is 57.0 Å². The number of amides is 1. The predicted molar refractivity (Wildman–Crippen MR) is 190 cm³/mol. The Bertz CT molecular complexity index is 2200. The number of esters is 1. The van der Waals surface area contributed by atoms with Gasteiger partial charge in [-0.2, -0.15) is 5.10 Å². The van der Waals surface area contributed by atoms with E-state index < -0.39 is 5.97 Å². The number of carbonyl (C=O) groups excluding carboxylic acids is 2. The van der Waals surface area contributed by atoms with Gasteiger partial charge in [0.05, 0.1) is 41.0 Å². The van der Waals surface area contributed by atoms with Gasteiger partial charge in [-0.05, 0) is 98.9 Å². The topological polar surface area (TPSA) is 115 Å². The molecule has 4 heterocycles. The van der Waals surface area contributed by atoms with Crippen molar-refractivity contribution in [3.05, 3.63) is 90.0 Å². The first-order valence-corrected chi connectivity index (χ1v) is 17.8. The summed E-state index contributed by atoms with van der Waals surface area (Å²) in [4.78, 5) is 36.1. The molecule has 0 radical (unpaired) electrons. The zero-order chi connectivity index (χ0) is 33.3. The highest BCUT2D eigenvalue weighted by Gasteiger charge is 2.51. The Balaban J connectivity index is 1.02. The molecule has 0 saturated heterocycles. The largest absolute Gasteiger partial charge is 0.465 e. The van der Waals surface area contributed by atoms with Crippen molar-refractivity contribution in [1.29, 1.82) is 0 Å². The number of carbonyl (C=O) groups is 2. The van der Waals surface area contributed by atoms with E-state index in [9.17, 15) is 9.59 Å². The quantitative estimate of drug-likeness (QED) is 0.157. The van der Waals surface area contributed by atoms with Crippen molar-refractivity contribution in [1.82, 2.24) is 24.1 Å². The number of imidazole rings is 1. The highest BCUT2D eigenvalue weighted by molar-refractivity contribution is 7.22. The standard InChI is InChI=1S/C38H37N7O3S/c1-22-28(19-40-45(22)21-38-16-23-13-24(17-38)15-25(14-23)18-38)26-11-12-44-32(20-39-34(44)33(26)36(47)48-2)41-29-8-4-3-7-27(29)35(46)43-37-42-30-9-5-6-10-31(30)49-37/h3-12,19-20,23-25,41H,13-18,21H2,1-2H3,(H,42,43,46). The van der Waals surface area contributed by atoms with Crippen LogP contribution in [0.3, 0.4) is 0 Å². The Kier molecular flexibility index (Phi) is 7.08. The second-order valence-corrected chi connectivity index (χ2v) is 15.3. The maximum Gasteiger partial charge on any atom is 0.342 e. The molecule has 1 amide bonds. The molecule has 4 aliphatic rings. The second-order valence-electron chi connectivity index (χ2n) is 14.3. The number of ether oxygens (including phenoxy) is 1. The van der Waals surface area contributed by atoms with Gasteiger partial charge in [-0.3, -0.25) is 19.2 Å². The fourth-order valence-corrected chi connectivity index (χ4v) is 10.2. The lowest BCUT2D eigenvalue weighted by Gasteiger charge is -2.56. The highest BCUT2D eigenvalue weighted by atomic mass is 32.1. The molecule has 11 heteroatoms. The lowest BCUT2D eigenvalue weighted by Crippen LogP contribution is -2.48. The molecule has 10 rings (SSSR count). The molecule has 0 atom stereocenters. The summed E-state index contributed by atoms with van der Waals surface area (Å²) in [6.07, 6.45) is 13.6. The molecule has 4 saturated carbocycles. The molecule has 0 unspecified atom stereocenters. The van der Waals surface area contributed by atoms with E-state index in [1.807, 2.05) is 65.3 Å². The van der Waals surface area contributed by atoms with Gasteiger partial charge in [0.2, 0.25) is 0 Å². The molecule has 2 N–H and O–H groups in total. The van der Waals surface area contributed by atoms with Crippen LogP contribution in [-0.4, -0.2) is 43.1 Å². The number of methoxy groups -OCH3 is 1. The summed E-state index contributed by atoms with van der Waals surface area (Å²) in [5.74, 6) is 2.46. The molecule has 4 fully saturated rings. The van der Waals surface area contributed by atoms with Gasteiger partial charge in [0.25, 0.3) is 5.91 Å². The molecular formula is C38H37N7O3S. The lowest BCUT2D eigenvalue weighted by molar-refractivity contribution is -0.0638. The second kappa shape index (κ2) is 11.5. The Morgan fingerprint density at radius 1 is 0.959 bits per heavy atom. The van der Waals surface area contributed by atoms with E-state index in [-0.39, 0.29) is 5.91 Å². The van der Waals surface area contributed by atoms with Crippen LogP contribution >= 0.6 is 11.3 Å². The normalized spacial score (nSPS) is 22.5. The monoisotopic (exact) mass is 671 g/mol. The molecule has 0 spiro atoms. The average molecular weight is 672 g/mol. The first-order chi connectivity index (χ1) is 23.9. The number of hydrogen-bond donors (Lipinski definition) is 2. The van der Waals surface area contributed by atoms with Gasteiger partial charge in [-0.15, -0.1) is 0 Å². The molecule has 49 heavy (non-hydrogen) atoms. The predicted octanol–water partition coefficient (Wildman–Crippen LogP) is 8.11. The maximum atomic E-state index is 13.4. The van der Waals surface area contributed by atoms with Crippen LogP contribution in [0.25, 0.3) is 27.0 Å². The third-order valence-electron chi connectivity index (χ3n) is 11.1. The van der Waals surface area contributed by atoms with Gasteiger partial charge in [0.1, 0.15) is 11.4 Å². The van der Waals surface area contributed by atoms with Crippen LogP contribution in [-0.2, 0) is 11.3 Å². The SMILES string of the molecule is COC(=O)c1c(-c2cnn(CC34CC5CC(CC(C5)C3)C4)c2C)ccn2c(Nc3ccccc3C(=O)Nc3nc4ccccc4s3)cnc12. The van der Waals surface area contributed by atoms with Crippen molar-refractivity contribution < 1.29 is 14.3 Å². The summed E-state index contributed by atoms with van der Waals surface area (Å²) in [7, 11) is 1.39. The van der Waals surface area contributed by atoms with Gasteiger partial charge in [-0.1, -0.05) is 35.6 Å². The number of rotatable bonds is 8. The summed E-state index contributed by atoms with van der Waals surface area (Å²) in [5.41, 5.74) is 5.73. The minimum Gasteiger partial charge on any atom is -0.465 e. The van der Waals surface area contributed by atoms with E-state index in [0.717, 1.165) is 51.3 Å². The summed E-state index contributed by atoms with van der Waals surface area (Å²) in [6, 6.07) is 17.0. The van der Waals surface area contributed by atoms with Crippen LogP contribution < -0.4 is 10.6 Å². The van der Waals surface area contributed by atoms with Gasteiger partial charge in [0.15, 0.2) is 10.8 Å². The zero-order valence-electron chi connectivity index (χ0n) is 27.5. The third-order valence-corrected chi connectivity index (χ3v) is 12.0. The number of fused-ring (bicyclic) bond motifs is 2. The van der Waals surface area contributed by atoms with Crippen LogP contribution in [0.4, 0.5) is 16.6 Å². The molecule has 248 valence electrons. The van der Waals surface area contributed by atoms with Crippen molar-refractivity contribution in [2.75, 3.05) is 17.7 Å². The maximum absolute atomic E-state index is 13.4. The summed E-state index contributed by atoms with van der Waals surface area (Å²) >= 11 is 1.43. The number of anilines is 3. The number of benzene rings is 2. The Hall–Kier alpha value is -5.03. The van der Waals surface area contributed by atoms with Crippen LogP contribution in [0.1, 0.15) is 64.9 Å². The summed E-state index contributed by atoms with van der Waals surface area (Å²) in [6.45, 7) is 3.03. The number of pyridine rings is 1. The number of thiazole rings is 1. The molecule has 4 bridgehead atoms. The smallest absolute Gasteiger partial charge is 0.342 e. The summed E-state index contributed by atoms with van der Waals surface area (Å²) < 4.78 is 10.3. The molecule has 4 aliphatic carbocycles. The molecule has 6 aromatic rings. The number of aromatic nitrogens is 5. The number of para-hydroxylation sites is 2. The van der Waals surface area contributed by atoms with Crippen molar-refractivity contribution in [3.8, 4) is 11.1 Å². The van der Waals surface area contributed by atoms with E-state index in [1.54, 1.807) is 12.3 Å². The Morgan fingerprint density at radius 2 is 1.69 bits per heavy atom. The van der Waals surface area contributed by atoms with Gasteiger partial charge >= 0.3 is 5.97 Å². The average Bonchev–Trinajstić information content (AvgIpc) is 3.80. The van der Waals surface area contributed by atoms with E-state index in [0.29, 0.717) is 38.8 Å². The minimum absolute atomic E-state index is 0.283. The van der Waals surface area contributed by atoms with Crippen LogP contribution in [0.15, 0.2) is 73.2 Å². The molecular weight excluding hydrogens is 635 g/mol. The fraction of sp³-hybridized carbons (Fsp3) is 0.342. The van der Waals surface area contributed by atoms with Crippen molar-refractivity contribution >= 4 is 55.7 Å². The summed E-state index contributed by atoms with van der Waals surface area (Å²) in [5, 5.41) is 11.7. The minimum atomic E-state index is -0.471. The van der Waals surface area contributed by atoms with Crippen LogP contribution in [0.2, 0.25) is 0 Å². The van der Waals surface area contributed by atoms with Gasteiger partial charge < -0.3 is 10.1 Å². The van der Waals surface area contributed by atoms with Gasteiger partial charge in [-0.25, -0.2) is 14.8 Å². The number of nitrogens with zero attached hydrogens (tertiary/aromatic N) is 5. The van der Waals surface area contributed by atoms with Crippen molar-refractivity contribution in [2.45, 2.75) is 52.0 Å². The Labute approximate surface area is 287 Å². The van der Waals surface area contributed by atoms with E-state index in [4.69, 9.17) is 9.84 Å². The van der Waals surface area contributed by atoms with Crippen molar-refractivity contribution in [2.24, 2.45) is 23.2 Å². The Morgan fingerprint density at radius 3 is 2.45 bits per heavy atom. The molecule has 2 aromatic carbocycles. The molecule has 0 aliphatic heterocycles. The lowest BCUT2D eigenvalue weighted by atomic mass is 9.49. The van der Waals surface area contributed by atoms with E-state index >= 15 is 0 Å². The molecule has 4 aromatic heterocycles. The van der Waals surface area contributed by atoms with Crippen LogP contribution in [0, 0.1) is 30.1 Å². The third kappa shape index (κ3) is 5.18. The number of nitrogens with one attached hydrogen (secondary N) is 2. The fourth-order valence-electron chi connectivity index (χ4n) is 9.36. The first-order valence-electron chi connectivity index (χ1n) is 17.0. The van der Waals surface area contributed by atoms with Crippen molar-refractivity contribution in [3.63, 3.8) is 0 Å².